The smallest absolute Gasteiger partial charge is 0.245 e. The van der Waals surface area contributed by atoms with E-state index in [2.05, 4.69) is 25.7 Å². The van der Waals surface area contributed by atoms with E-state index in [0.717, 1.165) is 17.5 Å². The van der Waals surface area contributed by atoms with E-state index in [1.165, 1.54) is 0 Å². The zero-order valence-corrected chi connectivity index (χ0v) is 20.3. The first kappa shape index (κ1) is 26.0. The minimum atomic E-state index is -0.609. The Labute approximate surface area is 205 Å². The fraction of sp³-hybridized carbons (Fsp3) is 0.440. The van der Waals surface area contributed by atoms with E-state index in [1.807, 2.05) is 38.1 Å². The maximum absolute atomic E-state index is 13.3. The van der Waals surface area contributed by atoms with Crippen molar-refractivity contribution in [3.8, 4) is 11.4 Å². The molecule has 2 aromatic rings. The highest BCUT2D eigenvalue weighted by Crippen LogP contribution is 2.23. The van der Waals surface area contributed by atoms with Gasteiger partial charge in [-0.05, 0) is 37.3 Å². The summed E-state index contributed by atoms with van der Waals surface area (Å²) in [5, 5.41) is 19.3. The van der Waals surface area contributed by atoms with Crippen molar-refractivity contribution in [2.45, 2.75) is 51.7 Å². The number of carbonyl (C=O) groups is 2. The molecule has 4 N–H and O–H groups in total. The molecule has 1 fully saturated rings. The van der Waals surface area contributed by atoms with E-state index in [4.69, 9.17) is 5.53 Å². The van der Waals surface area contributed by atoms with Gasteiger partial charge in [0, 0.05) is 30.7 Å². The number of rotatable bonds is 10. The number of hydrogen-bond acceptors (Lipinski definition) is 8. The molecule has 0 radical (unpaired) electrons. The Balaban J connectivity index is 1.70. The van der Waals surface area contributed by atoms with Crippen LogP contribution in [0.15, 0.2) is 59.7 Å². The first-order chi connectivity index (χ1) is 16.8. The van der Waals surface area contributed by atoms with E-state index in [9.17, 15) is 14.7 Å². The van der Waals surface area contributed by atoms with Gasteiger partial charge in [-0.1, -0.05) is 38.1 Å². The summed E-state index contributed by atoms with van der Waals surface area (Å²) in [5.41, 5.74) is 9.11. The van der Waals surface area contributed by atoms with Crippen molar-refractivity contribution in [1.29, 1.82) is 5.53 Å². The van der Waals surface area contributed by atoms with E-state index in [0.29, 0.717) is 24.5 Å². The van der Waals surface area contributed by atoms with Gasteiger partial charge in [-0.15, -0.1) is 0 Å². The second kappa shape index (κ2) is 12.2. The predicted molar refractivity (Wildman–Crippen MR) is 131 cm³/mol. The second-order valence-corrected chi connectivity index (χ2v) is 8.91. The minimum absolute atomic E-state index is 0.0288. The molecule has 1 aromatic heterocycles. The van der Waals surface area contributed by atoms with Crippen LogP contribution in [-0.4, -0.2) is 57.0 Å². The van der Waals surface area contributed by atoms with Crippen LogP contribution in [0.1, 0.15) is 45.2 Å². The van der Waals surface area contributed by atoms with Crippen molar-refractivity contribution in [2.24, 2.45) is 11.0 Å². The van der Waals surface area contributed by atoms with Gasteiger partial charge in [0.15, 0.2) is 5.82 Å². The Morgan fingerprint density at radius 2 is 1.94 bits per heavy atom. The Morgan fingerprint density at radius 3 is 2.54 bits per heavy atom. The van der Waals surface area contributed by atoms with Crippen LogP contribution in [0.25, 0.3) is 11.4 Å². The van der Waals surface area contributed by atoms with Crippen LogP contribution in [0.2, 0.25) is 0 Å². The maximum Gasteiger partial charge on any atom is 0.245 e. The predicted octanol–water partition coefficient (Wildman–Crippen LogP) is 2.79. The van der Waals surface area contributed by atoms with Gasteiger partial charge in [-0.3, -0.25) is 9.59 Å². The highest BCUT2D eigenvalue weighted by Gasteiger charge is 2.38. The second-order valence-electron chi connectivity index (χ2n) is 8.91. The fourth-order valence-corrected chi connectivity index (χ4v) is 4.09. The van der Waals surface area contributed by atoms with Gasteiger partial charge in [-0.25, -0.2) is 15.5 Å². The quantitative estimate of drug-likeness (QED) is 0.386. The lowest BCUT2D eigenvalue weighted by atomic mass is 10.0. The molecule has 1 aliphatic heterocycles. The van der Waals surface area contributed by atoms with Crippen LogP contribution in [0.3, 0.4) is 0 Å². The maximum atomic E-state index is 13.3. The summed E-state index contributed by atoms with van der Waals surface area (Å²) in [4.78, 5) is 36.6. The van der Waals surface area contributed by atoms with E-state index in [1.54, 1.807) is 36.5 Å². The molecule has 2 heterocycles. The normalized spacial score (nSPS) is 17.7. The molecule has 10 heteroatoms. The monoisotopic (exact) mass is 479 g/mol. The average Bonchev–Trinajstić information content (AvgIpc) is 3.37. The molecule has 0 spiro atoms. The largest absolute Gasteiger partial charge is 0.394 e. The first-order valence-electron chi connectivity index (χ1n) is 11.7. The molecule has 0 unspecified atom stereocenters. The molecule has 186 valence electrons. The van der Waals surface area contributed by atoms with Gasteiger partial charge in [-0.2, -0.15) is 5.11 Å². The van der Waals surface area contributed by atoms with Gasteiger partial charge in [0.05, 0.1) is 18.3 Å². The van der Waals surface area contributed by atoms with Crippen molar-refractivity contribution in [3.63, 3.8) is 0 Å². The molecule has 3 atom stereocenters. The SMILES string of the molecule is C/C(=C/N[C@H](C(=O)N1CCC[C@H]1C(=O)N[C@@H](CO)c1ccc(-c2ncccn2)cc1)C(C)C)N=N. The van der Waals surface area contributed by atoms with Crippen LogP contribution in [-0.2, 0) is 9.59 Å². The third kappa shape index (κ3) is 6.48. The van der Waals surface area contributed by atoms with Gasteiger partial charge in [0.2, 0.25) is 11.8 Å². The molecular weight excluding hydrogens is 446 g/mol. The number of aliphatic hydroxyl groups is 1. The number of likely N-dealkylation sites (tertiary alicyclic amines) is 1. The topological polar surface area (TPSA) is 144 Å². The lowest BCUT2D eigenvalue weighted by Gasteiger charge is -2.31. The summed E-state index contributed by atoms with van der Waals surface area (Å²) in [6, 6.07) is 7.35. The molecule has 1 aromatic carbocycles. The summed E-state index contributed by atoms with van der Waals surface area (Å²) in [6.45, 7) is 5.73. The number of aliphatic hydroxyl groups excluding tert-OH is 1. The van der Waals surface area contributed by atoms with Crippen molar-refractivity contribution in [2.75, 3.05) is 13.2 Å². The lowest BCUT2D eigenvalue weighted by molar-refractivity contribution is -0.141. The number of amides is 2. The summed E-state index contributed by atoms with van der Waals surface area (Å²) in [5.74, 6) is 0.109. The van der Waals surface area contributed by atoms with Gasteiger partial charge < -0.3 is 20.6 Å². The molecule has 3 rings (SSSR count). The molecule has 1 saturated heterocycles. The molecule has 0 saturated carbocycles. The van der Waals surface area contributed by atoms with E-state index < -0.39 is 18.1 Å². The number of hydrogen-bond donors (Lipinski definition) is 4. The van der Waals surface area contributed by atoms with Gasteiger partial charge >= 0.3 is 0 Å². The number of nitrogens with one attached hydrogen (secondary N) is 3. The zero-order chi connectivity index (χ0) is 25.4. The molecule has 10 nitrogen and oxygen atoms in total. The summed E-state index contributed by atoms with van der Waals surface area (Å²) >= 11 is 0. The summed E-state index contributed by atoms with van der Waals surface area (Å²) in [7, 11) is 0. The standard InChI is InChI=1S/C25H33N7O3/c1-16(2)22(29-14-17(3)31-26)25(35)32-13-4-6-21(32)24(34)30-20(15-33)18-7-9-19(10-8-18)23-27-11-5-12-28-23/h5,7-12,14,16,20-22,26,29,33H,4,6,13,15H2,1-3H3,(H,30,34)/b17-14-,31-26?/t20-,21-,22-/m0/s1. The highest BCUT2D eigenvalue weighted by molar-refractivity contribution is 5.90. The number of nitrogens with zero attached hydrogens (tertiary/aromatic N) is 4. The van der Waals surface area contributed by atoms with Crippen molar-refractivity contribution < 1.29 is 14.7 Å². The molecule has 0 bridgehead atoms. The molecule has 0 aliphatic carbocycles. The van der Waals surface area contributed by atoms with Crippen LogP contribution < -0.4 is 10.6 Å². The summed E-state index contributed by atoms with van der Waals surface area (Å²) in [6.07, 6.45) is 6.17. The average molecular weight is 480 g/mol. The van der Waals surface area contributed by atoms with Gasteiger partial charge in [0.25, 0.3) is 0 Å². The Kier molecular flexibility index (Phi) is 9.02. The Morgan fingerprint density at radius 1 is 1.26 bits per heavy atom. The molecule has 1 aliphatic rings. The first-order valence-corrected chi connectivity index (χ1v) is 11.7. The van der Waals surface area contributed by atoms with Crippen LogP contribution >= 0.6 is 0 Å². The molecular formula is C25H33N7O3. The number of benzene rings is 1. The Hall–Kier alpha value is -3.66. The van der Waals surface area contributed by atoms with Crippen LogP contribution in [0.5, 0.6) is 0 Å². The van der Waals surface area contributed by atoms with Crippen molar-refractivity contribution in [3.05, 3.63) is 60.2 Å². The van der Waals surface area contributed by atoms with Gasteiger partial charge in [0.1, 0.15) is 12.1 Å². The van der Waals surface area contributed by atoms with Crippen molar-refractivity contribution in [1.82, 2.24) is 25.5 Å². The highest BCUT2D eigenvalue weighted by atomic mass is 16.3. The third-order valence-corrected chi connectivity index (χ3v) is 6.06. The van der Waals surface area contributed by atoms with Crippen LogP contribution in [0, 0.1) is 11.4 Å². The number of carbonyl (C=O) groups excluding carboxylic acids is 2. The van der Waals surface area contributed by atoms with Crippen LogP contribution in [0.4, 0.5) is 0 Å². The number of aromatic nitrogens is 2. The van der Waals surface area contributed by atoms with E-state index >= 15 is 0 Å². The zero-order valence-electron chi connectivity index (χ0n) is 20.3. The fourth-order valence-electron chi connectivity index (χ4n) is 4.09. The third-order valence-electron chi connectivity index (χ3n) is 6.06. The summed E-state index contributed by atoms with van der Waals surface area (Å²) < 4.78 is 0. The minimum Gasteiger partial charge on any atom is -0.394 e. The number of allylic oxidation sites excluding steroid dienone is 1. The van der Waals surface area contributed by atoms with E-state index in [-0.39, 0.29) is 24.3 Å². The van der Waals surface area contributed by atoms with Crippen molar-refractivity contribution >= 4 is 11.8 Å². The lowest BCUT2D eigenvalue weighted by Crippen LogP contribution is -2.53. The molecule has 2 amide bonds. The molecule has 35 heavy (non-hydrogen) atoms. The Bertz CT molecular complexity index is 1040.